The average molecular weight is 452 g/mol. The number of rotatable bonds is 10. The van der Waals surface area contributed by atoms with E-state index in [1.165, 1.54) is 0 Å². The van der Waals surface area contributed by atoms with Gasteiger partial charge in [0, 0.05) is 24.2 Å². The van der Waals surface area contributed by atoms with Crippen molar-refractivity contribution in [3.63, 3.8) is 0 Å². The number of carbonyl (C=O) groups excluding carboxylic acids is 3. The van der Waals surface area contributed by atoms with E-state index in [9.17, 15) is 14.4 Å². The van der Waals surface area contributed by atoms with Crippen LogP contribution in [0.5, 0.6) is 5.75 Å². The van der Waals surface area contributed by atoms with Crippen LogP contribution >= 0.6 is 0 Å². The van der Waals surface area contributed by atoms with Gasteiger partial charge < -0.3 is 20.1 Å². The van der Waals surface area contributed by atoms with Crippen LogP contribution in [0.3, 0.4) is 0 Å². The maximum absolute atomic E-state index is 12.7. The molecule has 0 fully saturated rings. The summed E-state index contributed by atoms with van der Waals surface area (Å²) in [7, 11) is 0. The topological polar surface area (TPSA) is 123 Å². The van der Waals surface area contributed by atoms with Crippen molar-refractivity contribution >= 4 is 29.8 Å². The van der Waals surface area contributed by atoms with Crippen molar-refractivity contribution in [2.24, 2.45) is 5.73 Å². The zero-order valence-corrected chi connectivity index (χ0v) is 19.1. The average Bonchev–Trinajstić information content (AvgIpc) is 2.80. The summed E-state index contributed by atoms with van der Waals surface area (Å²) < 4.78 is 10.3. The summed E-state index contributed by atoms with van der Waals surface area (Å²) in [5.41, 5.74) is 7.58. The molecule has 0 spiro atoms. The number of hydrogen-bond acceptors (Lipinski definition) is 6. The first-order valence-corrected chi connectivity index (χ1v) is 10.6. The van der Waals surface area contributed by atoms with Gasteiger partial charge in [-0.1, -0.05) is 12.1 Å². The molecule has 8 nitrogen and oxygen atoms in total. The Morgan fingerprint density at radius 3 is 2.15 bits per heavy atom. The smallest absolute Gasteiger partial charge is 0.343 e. The zero-order valence-electron chi connectivity index (χ0n) is 19.1. The van der Waals surface area contributed by atoms with E-state index < -0.39 is 5.97 Å². The number of nitrogens with two attached hydrogens (primary N) is 1. The van der Waals surface area contributed by atoms with E-state index in [0.29, 0.717) is 35.6 Å². The molecule has 33 heavy (non-hydrogen) atoms. The number of benzene rings is 2. The molecule has 0 heterocycles. The van der Waals surface area contributed by atoms with Gasteiger partial charge in [-0.15, -0.1) is 0 Å². The highest BCUT2D eigenvalue weighted by atomic mass is 16.5. The van der Waals surface area contributed by atoms with Gasteiger partial charge in [0.25, 0.3) is 0 Å². The highest BCUT2D eigenvalue weighted by Crippen LogP contribution is 2.16. The molecule has 0 bridgehead atoms. The molecule has 2 aromatic carbocycles. The minimum absolute atomic E-state index is 0.0636. The Balaban J connectivity index is 2.00. The van der Waals surface area contributed by atoms with E-state index in [2.05, 4.69) is 0 Å². The standard InChI is InChI=1S/C25H29N3O5/c1-4-28(15-14-22(29)32-5-2)24(30)17(3)16-18-6-8-20(9-7-18)25(31)33-21-12-10-19(11-13-21)23(26)27/h6-13,16H,4-5,14-15H2,1-3H3,(H3,26,27). The van der Waals surface area contributed by atoms with Crippen LogP contribution in [0.4, 0.5) is 0 Å². The summed E-state index contributed by atoms with van der Waals surface area (Å²) in [6.45, 7) is 6.38. The second-order valence-corrected chi connectivity index (χ2v) is 7.22. The number of likely N-dealkylation sites (N-methyl/N-ethyl adjacent to an activating group) is 1. The van der Waals surface area contributed by atoms with E-state index >= 15 is 0 Å². The molecule has 8 heteroatoms. The number of esters is 2. The van der Waals surface area contributed by atoms with Crippen LogP contribution in [-0.4, -0.2) is 48.3 Å². The van der Waals surface area contributed by atoms with Gasteiger partial charge in [-0.2, -0.15) is 0 Å². The first kappa shape index (κ1) is 25.3. The number of nitrogens with one attached hydrogen (secondary N) is 1. The third-order valence-corrected chi connectivity index (χ3v) is 4.80. The van der Waals surface area contributed by atoms with Gasteiger partial charge in [-0.25, -0.2) is 4.79 Å². The molecular weight excluding hydrogens is 422 g/mol. The Morgan fingerprint density at radius 1 is 1.00 bits per heavy atom. The minimum atomic E-state index is -0.523. The molecule has 0 radical (unpaired) electrons. The second-order valence-electron chi connectivity index (χ2n) is 7.22. The lowest BCUT2D eigenvalue weighted by molar-refractivity contribution is -0.143. The summed E-state index contributed by atoms with van der Waals surface area (Å²) in [5, 5.41) is 7.39. The third kappa shape index (κ3) is 7.60. The lowest BCUT2D eigenvalue weighted by Gasteiger charge is -2.20. The van der Waals surface area contributed by atoms with Crippen molar-refractivity contribution < 1.29 is 23.9 Å². The maximum atomic E-state index is 12.7. The van der Waals surface area contributed by atoms with Gasteiger partial charge in [-0.3, -0.25) is 15.0 Å². The summed E-state index contributed by atoms with van der Waals surface area (Å²) in [6, 6.07) is 13.0. The van der Waals surface area contributed by atoms with Gasteiger partial charge in [0.1, 0.15) is 11.6 Å². The molecule has 0 aliphatic heterocycles. The van der Waals surface area contributed by atoms with Gasteiger partial charge >= 0.3 is 11.9 Å². The van der Waals surface area contributed by atoms with Crippen LogP contribution in [0, 0.1) is 5.41 Å². The quantitative estimate of drug-likeness (QED) is 0.188. The molecule has 0 aliphatic carbocycles. The summed E-state index contributed by atoms with van der Waals surface area (Å²) in [5.74, 6) is -0.740. The molecule has 3 N–H and O–H groups in total. The first-order chi connectivity index (χ1) is 15.7. The molecule has 174 valence electrons. The van der Waals surface area contributed by atoms with Gasteiger partial charge in [0.2, 0.25) is 5.91 Å². The van der Waals surface area contributed by atoms with E-state index in [4.69, 9.17) is 20.6 Å². The van der Waals surface area contributed by atoms with Crippen molar-refractivity contribution in [1.82, 2.24) is 4.90 Å². The van der Waals surface area contributed by atoms with Gasteiger partial charge in [0.05, 0.1) is 18.6 Å². The van der Waals surface area contributed by atoms with Crippen molar-refractivity contribution in [3.8, 4) is 5.75 Å². The number of amides is 1. The molecule has 0 aromatic heterocycles. The fraction of sp³-hybridized carbons (Fsp3) is 0.280. The lowest BCUT2D eigenvalue weighted by atomic mass is 10.1. The van der Waals surface area contributed by atoms with Crippen LogP contribution in [0.1, 0.15) is 48.7 Å². The Morgan fingerprint density at radius 2 is 1.61 bits per heavy atom. The number of amidine groups is 1. The minimum Gasteiger partial charge on any atom is -0.466 e. The molecule has 2 rings (SSSR count). The number of hydrogen-bond donors (Lipinski definition) is 2. The highest BCUT2D eigenvalue weighted by molar-refractivity contribution is 5.98. The first-order valence-electron chi connectivity index (χ1n) is 10.6. The largest absolute Gasteiger partial charge is 0.466 e. The molecule has 0 aliphatic rings. The highest BCUT2D eigenvalue weighted by Gasteiger charge is 2.16. The summed E-state index contributed by atoms with van der Waals surface area (Å²) >= 11 is 0. The zero-order chi connectivity index (χ0) is 24.4. The normalized spacial score (nSPS) is 10.9. The maximum Gasteiger partial charge on any atom is 0.343 e. The van der Waals surface area contributed by atoms with Crippen molar-refractivity contribution in [3.05, 3.63) is 70.8 Å². The fourth-order valence-corrected chi connectivity index (χ4v) is 3.01. The number of nitrogens with zero attached hydrogens (tertiary/aromatic N) is 1. The second kappa shape index (κ2) is 12.2. The fourth-order valence-electron chi connectivity index (χ4n) is 3.01. The Labute approximate surface area is 193 Å². The molecule has 0 unspecified atom stereocenters. The van der Waals surface area contributed by atoms with Crippen LogP contribution in [-0.2, 0) is 14.3 Å². The number of carbonyl (C=O) groups is 3. The SMILES string of the molecule is CCOC(=O)CCN(CC)C(=O)C(C)=Cc1ccc(C(=O)Oc2ccc(C(=N)N)cc2)cc1. The van der Waals surface area contributed by atoms with Crippen LogP contribution < -0.4 is 10.5 Å². The molecular formula is C25H29N3O5. The van der Waals surface area contributed by atoms with E-state index in [1.54, 1.807) is 73.4 Å². The van der Waals surface area contributed by atoms with Crippen molar-refractivity contribution in [1.29, 1.82) is 5.41 Å². The van der Waals surface area contributed by atoms with Crippen LogP contribution in [0.25, 0.3) is 6.08 Å². The Hall–Kier alpha value is -3.94. The van der Waals surface area contributed by atoms with E-state index in [1.807, 2.05) is 6.92 Å². The van der Waals surface area contributed by atoms with Crippen molar-refractivity contribution in [2.75, 3.05) is 19.7 Å². The van der Waals surface area contributed by atoms with Gasteiger partial charge in [0.15, 0.2) is 0 Å². The lowest BCUT2D eigenvalue weighted by Crippen LogP contribution is -2.33. The van der Waals surface area contributed by atoms with E-state index in [0.717, 1.165) is 5.56 Å². The molecule has 0 saturated heterocycles. The number of nitrogen functional groups attached to an aromatic ring is 1. The van der Waals surface area contributed by atoms with E-state index in [-0.39, 0.29) is 30.7 Å². The van der Waals surface area contributed by atoms with Crippen LogP contribution in [0.15, 0.2) is 54.1 Å². The molecule has 2 aromatic rings. The van der Waals surface area contributed by atoms with Crippen LogP contribution in [0.2, 0.25) is 0 Å². The Bertz CT molecular complexity index is 1030. The predicted molar refractivity (Wildman–Crippen MR) is 126 cm³/mol. The Kier molecular flexibility index (Phi) is 9.35. The summed E-state index contributed by atoms with van der Waals surface area (Å²) in [4.78, 5) is 38.2. The molecule has 0 saturated carbocycles. The monoisotopic (exact) mass is 451 g/mol. The summed E-state index contributed by atoms with van der Waals surface area (Å²) in [6.07, 6.45) is 1.87. The third-order valence-electron chi connectivity index (χ3n) is 4.80. The molecule has 1 amide bonds. The van der Waals surface area contributed by atoms with Gasteiger partial charge in [-0.05, 0) is 68.8 Å². The predicted octanol–water partition coefficient (Wildman–Crippen LogP) is 3.39. The molecule has 0 atom stereocenters. The van der Waals surface area contributed by atoms with Crippen molar-refractivity contribution in [2.45, 2.75) is 27.2 Å². The number of ether oxygens (including phenoxy) is 2.